The van der Waals surface area contributed by atoms with Crippen molar-refractivity contribution in [3.8, 4) is 5.88 Å². The van der Waals surface area contributed by atoms with E-state index in [2.05, 4.69) is 29.4 Å². The second kappa shape index (κ2) is 7.21. The molecule has 4 nitrogen and oxygen atoms in total. The van der Waals surface area contributed by atoms with Crippen molar-refractivity contribution in [3.05, 3.63) is 40.2 Å². The van der Waals surface area contributed by atoms with E-state index in [9.17, 15) is 0 Å². The van der Waals surface area contributed by atoms with Crippen LogP contribution in [0.1, 0.15) is 24.4 Å². The normalized spacial score (nSPS) is 10.9. The molecule has 0 amide bonds. The Morgan fingerprint density at radius 1 is 1.26 bits per heavy atom. The van der Waals surface area contributed by atoms with Gasteiger partial charge in [0.05, 0.1) is 5.69 Å². The van der Waals surface area contributed by atoms with E-state index in [1.165, 1.54) is 4.88 Å². The number of aromatic nitrogens is 2. The molecule has 0 unspecified atom stereocenters. The summed E-state index contributed by atoms with van der Waals surface area (Å²) < 4.78 is 5.56. The Kier molecular flexibility index (Phi) is 5.30. The van der Waals surface area contributed by atoms with Crippen molar-refractivity contribution in [2.45, 2.75) is 27.0 Å². The number of hydrogen-bond acceptors (Lipinski definition) is 5. The second-order valence-electron chi connectivity index (χ2n) is 4.76. The summed E-state index contributed by atoms with van der Waals surface area (Å²) in [5, 5.41) is 13.6. The molecule has 2 heterocycles. The first-order valence-electron chi connectivity index (χ1n) is 6.42. The Morgan fingerprint density at radius 2 is 2.16 bits per heavy atom. The molecule has 0 fully saturated rings. The molecular formula is C14H19N3OS. The van der Waals surface area contributed by atoms with Crippen LogP contribution in [0.4, 0.5) is 0 Å². The Bertz CT molecular complexity index is 468. The van der Waals surface area contributed by atoms with Gasteiger partial charge in [0.2, 0.25) is 5.88 Å². The van der Waals surface area contributed by atoms with Crippen LogP contribution in [-0.4, -0.2) is 16.7 Å². The first-order valence-corrected chi connectivity index (χ1v) is 7.30. The molecular weight excluding hydrogens is 258 g/mol. The monoisotopic (exact) mass is 277 g/mol. The lowest BCUT2D eigenvalue weighted by Crippen LogP contribution is -2.19. The predicted octanol–water partition coefficient (Wildman–Crippen LogP) is 2.86. The zero-order valence-electron chi connectivity index (χ0n) is 11.3. The molecule has 2 aromatic rings. The van der Waals surface area contributed by atoms with E-state index in [0.717, 1.165) is 18.8 Å². The summed E-state index contributed by atoms with van der Waals surface area (Å²) in [5.74, 6) is 1.21. The van der Waals surface area contributed by atoms with E-state index in [4.69, 9.17) is 4.74 Å². The lowest BCUT2D eigenvalue weighted by atomic mass is 10.2. The molecule has 1 N–H and O–H groups in total. The van der Waals surface area contributed by atoms with E-state index in [-0.39, 0.29) is 0 Å². The van der Waals surface area contributed by atoms with Gasteiger partial charge in [-0.15, -0.1) is 16.4 Å². The Morgan fingerprint density at radius 3 is 2.79 bits per heavy atom. The molecule has 5 heteroatoms. The van der Waals surface area contributed by atoms with Gasteiger partial charge in [0.25, 0.3) is 0 Å². The molecule has 0 saturated heterocycles. The third-order valence-electron chi connectivity index (χ3n) is 2.50. The van der Waals surface area contributed by atoms with Crippen molar-refractivity contribution in [1.82, 2.24) is 15.5 Å². The molecule has 0 atom stereocenters. The van der Waals surface area contributed by atoms with Crippen LogP contribution in [0.5, 0.6) is 5.88 Å². The van der Waals surface area contributed by atoms with Crippen LogP contribution in [0.25, 0.3) is 0 Å². The Hall–Kier alpha value is -1.46. The Balaban J connectivity index is 1.77. The van der Waals surface area contributed by atoms with E-state index < -0.39 is 0 Å². The van der Waals surface area contributed by atoms with E-state index in [0.29, 0.717) is 18.4 Å². The fourth-order valence-corrected chi connectivity index (χ4v) is 2.16. The number of ether oxygens (including phenoxy) is 1. The number of nitrogens with one attached hydrogen (secondary N) is 1. The van der Waals surface area contributed by atoms with Crippen molar-refractivity contribution in [3.63, 3.8) is 0 Å². The third kappa shape index (κ3) is 4.96. The molecule has 0 spiro atoms. The minimum Gasteiger partial charge on any atom is -0.471 e. The average molecular weight is 277 g/mol. The van der Waals surface area contributed by atoms with Gasteiger partial charge in [-0.2, -0.15) is 5.10 Å². The first kappa shape index (κ1) is 14.0. The van der Waals surface area contributed by atoms with Crippen molar-refractivity contribution in [2.75, 3.05) is 6.54 Å². The van der Waals surface area contributed by atoms with Gasteiger partial charge in [-0.05, 0) is 30.0 Å². The van der Waals surface area contributed by atoms with Crippen LogP contribution in [-0.2, 0) is 13.2 Å². The van der Waals surface area contributed by atoms with Gasteiger partial charge in [-0.3, -0.25) is 0 Å². The summed E-state index contributed by atoms with van der Waals surface area (Å²) in [6.45, 7) is 6.65. The van der Waals surface area contributed by atoms with Gasteiger partial charge in [0.1, 0.15) is 6.61 Å². The smallest absolute Gasteiger partial charge is 0.233 e. The van der Waals surface area contributed by atoms with Gasteiger partial charge in [-0.25, -0.2) is 0 Å². The van der Waals surface area contributed by atoms with Crippen LogP contribution >= 0.6 is 11.3 Å². The number of rotatable bonds is 7. The Labute approximate surface area is 117 Å². The van der Waals surface area contributed by atoms with Gasteiger partial charge in [0, 0.05) is 17.5 Å². The lowest BCUT2D eigenvalue weighted by molar-refractivity contribution is 0.293. The summed E-state index contributed by atoms with van der Waals surface area (Å²) in [6, 6.07) is 7.87. The van der Waals surface area contributed by atoms with Crippen LogP contribution in [0.2, 0.25) is 0 Å². The highest BCUT2D eigenvalue weighted by Gasteiger charge is 2.01. The summed E-state index contributed by atoms with van der Waals surface area (Å²) in [7, 11) is 0. The van der Waals surface area contributed by atoms with Crippen LogP contribution < -0.4 is 10.1 Å². The number of hydrogen-bond donors (Lipinski definition) is 1. The fourth-order valence-electron chi connectivity index (χ4n) is 1.55. The summed E-state index contributed by atoms with van der Waals surface area (Å²) >= 11 is 1.68. The van der Waals surface area contributed by atoms with Gasteiger partial charge in [-0.1, -0.05) is 19.9 Å². The standard InChI is InChI=1S/C14H19N3OS/c1-11(2)8-15-9-12-5-6-14(17-16-12)18-10-13-4-3-7-19-13/h3-7,11,15H,8-10H2,1-2H3. The minimum absolute atomic E-state index is 0.553. The SMILES string of the molecule is CC(C)CNCc1ccc(OCc2cccs2)nn1. The number of thiophene rings is 1. The zero-order valence-corrected chi connectivity index (χ0v) is 12.1. The molecule has 0 aliphatic carbocycles. The number of nitrogens with zero attached hydrogens (tertiary/aromatic N) is 2. The van der Waals surface area contributed by atoms with Crippen LogP contribution in [0.15, 0.2) is 29.6 Å². The highest BCUT2D eigenvalue weighted by molar-refractivity contribution is 7.09. The quantitative estimate of drug-likeness (QED) is 0.845. The van der Waals surface area contributed by atoms with E-state index >= 15 is 0 Å². The first-order chi connectivity index (χ1) is 9.24. The van der Waals surface area contributed by atoms with Crippen molar-refractivity contribution < 1.29 is 4.74 Å². The van der Waals surface area contributed by atoms with E-state index in [1.54, 1.807) is 11.3 Å². The van der Waals surface area contributed by atoms with Crippen molar-refractivity contribution in [2.24, 2.45) is 5.92 Å². The fraction of sp³-hybridized carbons (Fsp3) is 0.429. The largest absolute Gasteiger partial charge is 0.471 e. The van der Waals surface area contributed by atoms with Crippen molar-refractivity contribution in [1.29, 1.82) is 0 Å². The minimum atomic E-state index is 0.553. The van der Waals surface area contributed by atoms with E-state index in [1.807, 2.05) is 29.6 Å². The topological polar surface area (TPSA) is 47.0 Å². The van der Waals surface area contributed by atoms with Crippen molar-refractivity contribution >= 4 is 11.3 Å². The highest BCUT2D eigenvalue weighted by Crippen LogP contribution is 2.12. The van der Waals surface area contributed by atoms with Gasteiger partial charge in [0.15, 0.2) is 0 Å². The maximum atomic E-state index is 5.56. The molecule has 102 valence electrons. The van der Waals surface area contributed by atoms with Gasteiger partial charge < -0.3 is 10.1 Å². The second-order valence-corrected chi connectivity index (χ2v) is 5.79. The summed E-state index contributed by atoms with van der Waals surface area (Å²) in [4.78, 5) is 1.18. The summed E-state index contributed by atoms with van der Waals surface area (Å²) in [5.41, 5.74) is 0.934. The zero-order chi connectivity index (χ0) is 13.5. The molecule has 19 heavy (non-hydrogen) atoms. The molecule has 0 aliphatic heterocycles. The maximum absolute atomic E-state index is 5.56. The molecule has 0 radical (unpaired) electrons. The van der Waals surface area contributed by atoms with Crippen LogP contribution in [0, 0.1) is 5.92 Å². The van der Waals surface area contributed by atoms with Crippen LogP contribution in [0.3, 0.4) is 0 Å². The maximum Gasteiger partial charge on any atom is 0.233 e. The third-order valence-corrected chi connectivity index (χ3v) is 3.35. The van der Waals surface area contributed by atoms with Gasteiger partial charge >= 0.3 is 0 Å². The summed E-state index contributed by atoms with van der Waals surface area (Å²) in [6.07, 6.45) is 0. The molecule has 0 aliphatic rings. The molecule has 0 saturated carbocycles. The molecule has 2 aromatic heterocycles. The highest BCUT2D eigenvalue weighted by atomic mass is 32.1. The molecule has 0 bridgehead atoms. The molecule has 2 rings (SSSR count). The predicted molar refractivity (Wildman–Crippen MR) is 77.2 cm³/mol. The molecule has 0 aromatic carbocycles. The average Bonchev–Trinajstić information content (AvgIpc) is 2.90. The lowest BCUT2D eigenvalue weighted by Gasteiger charge is -2.07.